The Labute approximate surface area is 174 Å². The van der Waals surface area contributed by atoms with Crippen LogP contribution in [0.3, 0.4) is 0 Å². The van der Waals surface area contributed by atoms with Crippen molar-refractivity contribution in [3.05, 3.63) is 29.8 Å². The van der Waals surface area contributed by atoms with E-state index in [1.807, 2.05) is 18.2 Å². The second-order valence-corrected chi connectivity index (χ2v) is 11.0. The molecule has 6 aliphatic rings. The van der Waals surface area contributed by atoms with E-state index in [1.165, 1.54) is 70.6 Å². The van der Waals surface area contributed by atoms with Gasteiger partial charge < -0.3 is 10.4 Å². The van der Waals surface area contributed by atoms with Gasteiger partial charge in [-0.25, -0.2) is 4.79 Å². The maximum Gasteiger partial charge on any atom is 0.337 e. The van der Waals surface area contributed by atoms with Crippen LogP contribution < -0.4 is 5.32 Å². The number of nitrogens with zero attached hydrogens (tertiary/aromatic N) is 1. The smallest absolute Gasteiger partial charge is 0.337 e. The molecule has 6 fully saturated rings. The van der Waals surface area contributed by atoms with Crippen molar-refractivity contribution in [3.8, 4) is 0 Å². The summed E-state index contributed by atoms with van der Waals surface area (Å²) in [7, 11) is 0. The van der Waals surface area contributed by atoms with Gasteiger partial charge in [0.1, 0.15) is 0 Å². The number of anilines is 1. The van der Waals surface area contributed by atoms with Gasteiger partial charge in [0.2, 0.25) is 0 Å². The Kier molecular flexibility index (Phi) is 4.23. The first-order chi connectivity index (χ1) is 14.1. The number of piperidine rings is 2. The average molecular weight is 395 g/mol. The summed E-state index contributed by atoms with van der Waals surface area (Å²) in [4.78, 5) is 14.7. The molecule has 0 spiro atoms. The first-order valence-corrected chi connectivity index (χ1v) is 12.0. The summed E-state index contributed by atoms with van der Waals surface area (Å²) in [6.45, 7) is 0. The Morgan fingerprint density at radius 1 is 0.931 bits per heavy atom. The highest BCUT2D eigenvalue weighted by atomic mass is 16.4. The monoisotopic (exact) mass is 394 g/mol. The minimum Gasteiger partial charge on any atom is -0.478 e. The predicted octanol–water partition coefficient (Wildman–Crippen LogP) is 5.15. The number of nitrogens with one attached hydrogen (secondary N) is 1. The number of rotatable bonds is 4. The van der Waals surface area contributed by atoms with Crippen LogP contribution in [0.5, 0.6) is 0 Å². The van der Waals surface area contributed by atoms with Crippen LogP contribution in [-0.2, 0) is 0 Å². The van der Waals surface area contributed by atoms with Crippen LogP contribution in [0.2, 0.25) is 0 Å². The van der Waals surface area contributed by atoms with Crippen LogP contribution in [0.1, 0.15) is 81.0 Å². The van der Waals surface area contributed by atoms with Gasteiger partial charge in [0.25, 0.3) is 0 Å². The van der Waals surface area contributed by atoms with Gasteiger partial charge in [0, 0.05) is 29.4 Å². The minimum absolute atomic E-state index is 0.399. The molecular formula is C25H34N2O2. The van der Waals surface area contributed by atoms with Gasteiger partial charge in [0.15, 0.2) is 0 Å². The summed E-state index contributed by atoms with van der Waals surface area (Å²) in [5, 5.41) is 13.2. The van der Waals surface area contributed by atoms with Crippen LogP contribution in [0.15, 0.2) is 24.3 Å². The van der Waals surface area contributed by atoms with E-state index in [4.69, 9.17) is 0 Å². The Morgan fingerprint density at radius 3 is 2.10 bits per heavy atom. The predicted molar refractivity (Wildman–Crippen MR) is 114 cm³/mol. The third-order valence-corrected chi connectivity index (χ3v) is 9.05. The molecule has 0 radical (unpaired) electrons. The molecule has 2 atom stereocenters. The van der Waals surface area contributed by atoms with E-state index < -0.39 is 5.97 Å². The molecule has 4 nitrogen and oxygen atoms in total. The molecule has 2 saturated heterocycles. The normalized spacial score (nSPS) is 43.3. The van der Waals surface area contributed by atoms with E-state index in [9.17, 15) is 9.90 Å². The zero-order chi connectivity index (χ0) is 19.6. The van der Waals surface area contributed by atoms with Gasteiger partial charge in [-0.2, -0.15) is 0 Å². The summed E-state index contributed by atoms with van der Waals surface area (Å²) in [5.74, 6) is 2.17. The largest absolute Gasteiger partial charge is 0.478 e. The molecule has 2 heterocycles. The van der Waals surface area contributed by atoms with E-state index >= 15 is 0 Å². The van der Waals surface area contributed by atoms with Gasteiger partial charge in [0.05, 0.1) is 5.56 Å². The first-order valence-electron chi connectivity index (χ1n) is 12.0. The number of hydrogen-bond donors (Lipinski definition) is 2. The molecule has 1 aromatic carbocycles. The zero-order valence-corrected chi connectivity index (χ0v) is 17.4. The van der Waals surface area contributed by atoms with Crippen molar-refractivity contribution < 1.29 is 9.90 Å². The second-order valence-electron chi connectivity index (χ2n) is 11.0. The van der Waals surface area contributed by atoms with Crippen molar-refractivity contribution in [2.45, 2.75) is 94.3 Å². The molecule has 156 valence electrons. The number of carboxylic acid groups (broad SMARTS) is 1. The highest BCUT2D eigenvalue weighted by Gasteiger charge is 2.57. The molecule has 2 aliphatic heterocycles. The molecule has 2 N–H and O–H groups in total. The van der Waals surface area contributed by atoms with E-state index in [-0.39, 0.29) is 0 Å². The van der Waals surface area contributed by atoms with Crippen LogP contribution in [-0.4, -0.2) is 39.6 Å². The molecular weight excluding hydrogens is 360 g/mol. The number of benzene rings is 1. The Morgan fingerprint density at radius 2 is 1.52 bits per heavy atom. The van der Waals surface area contributed by atoms with Crippen molar-refractivity contribution in [1.29, 1.82) is 0 Å². The van der Waals surface area contributed by atoms with Gasteiger partial charge in [-0.15, -0.1) is 0 Å². The molecule has 4 aliphatic carbocycles. The zero-order valence-electron chi connectivity index (χ0n) is 17.4. The lowest BCUT2D eigenvalue weighted by atomic mass is 9.51. The molecule has 0 aromatic heterocycles. The topological polar surface area (TPSA) is 52.6 Å². The maximum absolute atomic E-state index is 11.6. The van der Waals surface area contributed by atoms with E-state index in [1.54, 1.807) is 6.07 Å². The number of hydrogen-bond acceptors (Lipinski definition) is 3. The molecule has 4 saturated carbocycles. The SMILES string of the molecule is O=C(O)c1ccccc1NC1CC2CCCC(C1)N2C12CC3CC(CC(C3)C1)C2. The number of para-hydroxylation sites is 1. The standard InChI is InChI=1S/C25H34N2O2/c28-24(29)22-6-1-2-7-23(22)26-19-11-20-4-3-5-21(12-19)27(20)25-13-16-8-17(14-25)10-18(9-16)15-25/h1-2,6-7,16-21,26H,3-5,8-15H2,(H,28,29). The maximum atomic E-state index is 11.6. The fraction of sp³-hybridized carbons (Fsp3) is 0.720. The Balaban J connectivity index is 1.24. The Bertz CT molecular complexity index is 756. The quantitative estimate of drug-likeness (QED) is 0.741. The second kappa shape index (κ2) is 6.73. The van der Waals surface area contributed by atoms with Gasteiger partial charge in [-0.1, -0.05) is 18.6 Å². The van der Waals surface area contributed by atoms with Gasteiger partial charge >= 0.3 is 5.97 Å². The molecule has 2 unspecified atom stereocenters. The van der Waals surface area contributed by atoms with Crippen LogP contribution in [0.4, 0.5) is 5.69 Å². The van der Waals surface area contributed by atoms with E-state index in [2.05, 4.69) is 10.2 Å². The molecule has 0 amide bonds. The third-order valence-electron chi connectivity index (χ3n) is 9.05. The van der Waals surface area contributed by atoms with Crippen LogP contribution in [0, 0.1) is 17.8 Å². The molecule has 7 rings (SSSR count). The van der Waals surface area contributed by atoms with Crippen LogP contribution in [0.25, 0.3) is 0 Å². The number of fused-ring (bicyclic) bond motifs is 2. The van der Waals surface area contributed by atoms with Crippen molar-refractivity contribution in [3.63, 3.8) is 0 Å². The summed E-state index contributed by atoms with van der Waals surface area (Å²) in [6.07, 6.45) is 15.3. The summed E-state index contributed by atoms with van der Waals surface area (Å²) >= 11 is 0. The average Bonchev–Trinajstić information content (AvgIpc) is 2.66. The molecule has 6 bridgehead atoms. The van der Waals surface area contributed by atoms with E-state index in [0.717, 1.165) is 23.4 Å². The number of carbonyl (C=O) groups is 1. The lowest BCUT2D eigenvalue weighted by Gasteiger charge is -2.66. The van der Waals surface area contributed by atoms with Crippen molar-refractivity contribution in [2.75, 3.05) is 5.32 Å². The lowest BCUT2D eigenvalue weighted by Crippen LogP contribution is -2.68. The fourth-order valence-electron chi connectivity index (χ4n) is 8.67. The fourth-order valence-corrected chi connectivity index (χ4v) is 8.67. The highest BCUT2D eigenvalue weighted by molar-refractivity contribution is 5.94. The molecule has 4 heteroatoms. The van der Waals surface area contributed by atoms with Crippen LogP contribution >= 0.6 is 0 Å². The minimum atomic E-state index is -0.834. The Hall–Kier alpha value is -1.55. The van der Waals surface area contributed by atoms with Crippen molar-refractivity contribution in [2.24, 2.45) is 17.8 Å². The summed E-state index contributed by atoms with van der Waals surface area (Å²) in [5.41, 5.74) is 1.71. The number of aromatic carboxylic acids is 1. The van der Waals surface area contributed by atoms with Gasteiger partial charge in [-0.05, 0) is 94.1 Å². The lowest BCUT2D eigenvalue weighted by molar-refractivity contribution is -0.146. The van der Waals surface area contributed by atoms with Gasteiger partial charge in [-0.3, -0.25) is 4.90 Å². The number of carboxylic acids is 1. The third kappa shape index (κ3) is 3.01. The summed E-state index contributed by atoms with van der Waals surface area (Å²) in [6, 6.07) is 9.19. The van der Waals surface area contributed by atoms with Crippen molar-refractivity contribution in [1.82, 2.24) is 4.90 Å². The van der Waals surface area contributed by atoms with Crippen molar-refractivity contribution >= 4 is 11.7 Å². The molecule has 1 aromatic rings. The molecule has 29 heavy (non-hydrogen) atoms. The first kappa shape index (κ1) is 18.2. The summed E-state index contributed by atoms with van der Waals surface area (Å²) < 4.78 is 0. The van der Waals surface area contributed by atoms with E-state index in [0.29, 0.717) is 29.2 Å². The highest BCUT2D eigenvalue weighted by Crippen LogP contribution is 2.60.